The first-order chi connectivity index (χ1) is 15.1. The van der Waals surface area contributed by atoms with Crippen LogP contribution in [0.25, 0.3) is 0 Å². The molecular formula is C20H21FN6O2S2. The summed E-state index contributed by atoms with van der Waals surface area (Å²) < 4.78 is 12.6. The Hall–Kier alpha value is -3.15. The number of nitrogens with zero attached hydrogens (tertiary/aromatic N) is 1. The highest BCUT2D eigenvalue weighted by Crippen LogP contribution is 2.13. The second-order valence-electron chi connectivity index (χ2n) is 6.09. The lowest BCUT2D eigenvalue weighted by Crippen LogP contribution is -2.41. The molecule has 1 atom stereocenters. The molecule has 0 bridgehead atoms. The molecule has 3 aromatic rings. The number of carbonyl (C=O) groups is 2. The maximum Gasteiger partial charge on any atom is 0.325 e. The summed E-state index contributed by atoms with van der Waals surface area (Å²) in [5.74, 6) is 0.667. The molecule has 162 valence electrons. The predicted octanol–water partition coefficient (Wildman–Crippen LogP) is 4.35. The van der Waals surface area contributed by atoms with Crippen LogP contribution in [0.2, 0.25) is 0 Å². The summed E-state index contributed by atoms with van der Waals surface area (Å²) in [7, 11) is 0. The largest absolute Gasteiger partial charge is 0.325 e. The zero-order chi connectivity index (χ0) is 21.9. The number of benzene rings is 2. The van der Waals surface area contributed by atoms with Gasteiger partial charge in [-0.1, -0.05) is 18.2 Å². The van der Waals surface area contributed by atoms with Gasteiger partial charge in [0.05, 0.1) is 0 Å². The van der Waals surface area contributed by atoms with Crippen LogP contribution in [0.3, 0.4) is 0 Å². The smallest absolute Gasteiger partial charge is 0.313 e. The number of carbonyl (C=O) groups excluding carboxylic acids is 2. The molecule has 1 saturated heterocycles. The fraction of sp³-hybridized carbons (Fsp3) is 0.150. The van der Waals surface area contributed by atoms with Gasteiger partial charge in [0.15, 0.2) is 5.13 Å². The van der Waals surface area contributed by atoms with Crippen LogP contribution in [-0.4, -0.2) is 34.8 Å². The third-order valence-electron chi connectivity index (χ3n) is 3.77. The third kappa shape index (κ3) is 8.24. The van der Waals surface area contributed by atoms with Gasteiger partial charge in [-0.15, -0.1) is 23.1 Å². The number of hydrogen-bond donors (Lipinski definition) is 5. The van der Waals surface area contributed by atoms with Crippen LogP contribution in [0.4, 0.5) is 30.5 Å². The van der Waals surface area contributed by atoms with Crippen LogP contribution < -0.4 is 26.6 Å². The van der Waals surface area contributed by atoms with Gasteiger partial charge in [0.2, 0.25) is 0 Å². The number of aromatic nitrogens is 1. The number of anilines is 3. The number of hydrogen-bond acceptors (Lipinski definition) is 6. The van der Waals surface area contributed by atoms with E-state index in [2.05, 4.69) is 31.6 Å². The minimum atomic E-state index is -0.320. The van der Waals surface area contributed by atoms with Crippen molar-refractivity contribution in [2.24, 2.45) is 0 Å². The van der Waals surface area contributed by atoms with Gasteiger partial charge in [-0.3, -0.25) is 10.6 Å². The van der Waals surface area contributed by atoms with E-state index in [1.54, 1.807) is 23.3 Å². The summed E-state index contributed by atoms with van der Waals surface area (Å²) in [6, 6.07) is 14.3. The number of thioether (sulfide) groups is 1. The molecule has 4 rings (SSSR count). The predicted molar refractivity (Wildman–Crippen MR) is 124 cm³/mol. The van der Waals surface area contributed by atoms with E-state index in [0.29, 0.717) is 10.8 Å². The molecular weight excluding hydrogens is 439 g/mol. The topological polar surface area (TPSA) is 107 Å². The molecule has 0 aliphatic carbocycles. The van der Waals surface area contributed by atoms with Crippen LogP contribution in [0.5, 0.6) is 0 Å². The second-order valence-corrected chi connectivity index (χ2v) is 8.20. The van der Waals surface area contributed by atoms with E-state index in [9.17, 15) is 14.0 Å². The zero-order valence-electron chi connectivity index (χ0n) is 16.3. The summed E-state index contributed by atoms with van der Waals surface area (Å²) in [5.41, 5.74) is 1.29. The van der Waals surface area contributed by atoms with E-state index in [1.165, 1.54) is 35.6 Å². The molecule has 4 amide bonds. The number of para-hydroxylation sites is 1. The van der Waals surface area contributed by atoms with E-state index in [0.717, 1.165) is 18.0 Å². The number of thiazole rings is 1. The molecule has 1 aliphatic heterocycles. The van der Waals surface area contributed by atoms with Crippen molar-refractivity contribution in [2.75, 3.05) is 28.2 Å². The minimum Gasteiger partial charge on any atom is -0.313 e. The van der Waals surface area contributed by atoms with Crippen molar-refractivity contribution in [3.05, 3.63) is 72.0 Å². The fourth-order valence-corrected chi connectivity index (χ4v) is 3.83. The maximum atomic E-state index is 12.6. The molecule has 1 unspecified atom stereocenters. The lowest BCUT2D eigenvalue weighted by Gasteiger charge is -2.12. The van der Waals surface area contributed by atoms with E-state index < -0.39 is 0 Å². The molecule has 0 saturated carbocycles. The van der Waals surface area contributed by atoms with Gasteiger partial charge in [0.1, 0.15) is 11.3 Å². The average molecular weight is 461 g/mol. The van der Waals surface area contributed by atoms with E-state index in [4.69, 9.17) is 0 Å². The fourth-order valence-electron chi connectivity index (χ4n) is 2.40. The van der Waals surface area contributed by atoms with Crippen molar-refractivity contribution in [1.29, 1.82) is 0 Å². The van der Waals surface area contributed by atoms with Gasteiger partial charge >= 0.3 is 12.1 Å². The summed E-state index contributed by atoms with van der Waals surface area (Å²) >= 11 is 3.02. The first-order valence-corrected chi connectivity index (χ1v) is 11.2. The minimum absolute atomic E-state index is 0.0413. The first kappa shape index (κ1) is 22.5. The summed E-state index contributed by atoms with van der Waals surface area (Å²) in [5, 5.41) is 16.2. The summed E-state index contributed by atoms with van der Waals surface area (Å²) in [6.07, 6.45) is 1.64. The quantitative estimate of drug-likeness (QED) is 0.398. The second kappa shape index (κ2) is 11.9. The Labute approximate surface area is 187 Å². The van der Waals surface area contributed by atoms with Crippen LogP contribution in [-0.2, 0) is 0 Å². The van der Waals surface area contributed by atoms with Gasteiger partial charge in [-0.2, -0.15) is 0 Å². The molecule has 5 N–H and O–H groups in total. The maximum absolute atomic E-state index is 12.6. The van der Waals surface area contributed by atoms with Crippen molar-refractivity contribution in [3.63, 3.8) is 0 Å². The van der Waals surface area contributed by atoms with Gasteiger partial charge in [-0.05, 0) is 36.4 Å². The molecule has 11 heteroatoms. The van der Waals surface area contributed by atoms with E-state index in [1.807, 2.05) is 30.3 Å². The number of rotatable bonds is 4. The third-order valence-corrected chi connectivity index (χ3v) is 5.51. The lowest BCUT2D eigenvalue weighted by molar-refractivity contribution is 0.250. The van der Waals surface area contributed by atoms with Crippen molar-refractivity contribution >= 4 is 51.7 Å². The number of amides is 4. The highest BCUT2D eigenvalue weighted by molar-refractivity contribution is 8.00. The van der Waals surface area contributed by atoms with E-state index in [-0.39, 0.29) is 23.4 Å². The molecule has 2 heterocycles. The Balaban J connectivity index is 0.000000176. The standard InChI is InChI=1S/C10H12FN3OS.C10H9N3OS/c11-7-1-3-8(4-2-7)13-9(15)14-10-12-5-6-16-10;14-9(13-10-11-6-7-15-10)12-8-4-2-1-3-5-8/h1-4,10,12H,5-6H2,(H2,13,14,15);1-7H,(H2,11,12,13,14). The lowest BCUT2D eigenvalue weighted by atomic mass is 10.3. The number of urea groups is 2. The molecule has 0 radical (unpaired) electrons. The molecule has 1 fully saturated rings. The molecule has 8 nitrogen and oxygen atoms in total. The Morgan fingerprint density at radius 2 is 1.68 bits per heavy atom. The Morgan fingerprint density at radius 1 is 0.968 bits per heavy atom. The van der Waals surface area contributed by atoms with Crippen molar-refractivity contribution < 1.29 is 14.0 Å². The molecule has 31 heavy (non-hydrogen) atoms. The Bertz CT molecular complexity index is 952. The Morgan fingerprint density at radius 3 is 2.32 bits per heavy atom. The SMILES string of the molecule is O=C(Nc1ccc(F)cc1)NC1NCCS1.O=C(Nc1ccccc1)Nc1nccs1. The highest BCUT2D eigenvalue weighted by atomic mass is 32.2. The summed E-state index contributed by atoms with van der Waals surface area (Å²) in [6.45, 7) is 0.895. The first-order valence-electron chi connectivity index (χ1n) is 9.29. The summed E-state index contributed by atoms with van der Waals surface area (Å²) in [4.78, 5) is 26.9. The van der Waals surface area contributed by atoms with Crippen molar-refractivity contribution in [1.82, 2.24) is 15.6 Å². The van der Waals surface area contributed by atoms with Gasteiger partial charge in [0, 0.05) is 35.2 Å². The Kier molecular flexibility index (Phi) is 8.64. The zero-order valence-corrected chi connectivity index (χ0v) is 17.9. The monoisotopic (exact) mass is 460 g/mol. The van der Waals surface area contributed by atoms with Crippen LogP contribution in [0.15, 0.2) is 66.2 Å². The molecule has 1 aliphatic rings. The van der Waals surface area contributed by atoms with Crippen LogP contribution in [0, 0.1) is 5.82 Å². The van der Waals surface area contributed by atoms with Gasteiger partial charge in [0.25, 0.3) is 0 Å². The molecule has 0 spiro atoms. The molecule has 2 aromatic carbocycles. The van der Waals surface area contributed by atoms with Gasteiger partial charge < -0.3 is 16.0 Å². The normalized spacial score (nSPS) is 14.7. The van der Waals surface area contributed by atoms with Crippen molar-refractivity contribution in [2.45, 2.75) is 5.50 Å². The van der Waals surface area contributed by atoms with E-state index >= 15 is 0 Å². The number of nitrogens with one attached hydrogen (secondary N) is 5. The van der Waals surface area contributed by atoms with Crippen LogP contribution >= 0.6 is 23.1 Å². The van der Waals surface area contributed by atoms with Crippen molar-refractivity contribution in [3.8, 4) is 0 Å². The number of halogens is 1. The molecule has 1 aromatic heterocycles. The van der Waals surface area contributed by atoms with Gasteiger partial charge in [-0.25, -0.2) is 19.0 Å². The van der Waals surface area contributed by atoms with Crippen LogP contribution in [0.1, 0.15) is 0 Å². The average Bonchev–Trinajstić information content (AvgIpc) is 3.45. The highest BCUT2D eigenvalue weighted by Gasteiger charge is 2.16.